The van der Waals surface area contributed by atoms with E-state index in [1.54, 1.807) is 6.92 Å². The van der Waals surface area contributed by atoms with Crippen LogP contribution in [0.3, 0.4) is 0 Å². The molecule has 7 nitrogen and oxygen atoms in total. The molecule has 0 bridgehead atoms. The number of rotatable bonds is 5. The number of piperidine rings is 1. The van der Waals surface area contributed by atoms with E-state index in [0.717, 1.165) is 25.9 Å². The fraction of sp³-hybridized carbons (Fsp3) is 0.615. The first-order valence-electron chi connectivity index (χ1n) is 6.92. The molecule has 0 atom stereocenters. The minimum absolute atomic E-state index is 0.0626. The lowest BCUT2D eigenvalue weighted by molar-refractivity contribution is 0.0483. The number of carbonyl (C=O) groups is 1. The van der Waals surface area contributed by atoms with Gasteiger partial charge in [-0.2, -0.15) is 4.31 Å². The molecule has 0 aromatic carbocycles. The number of ether oxygens (including phenoxy) is 1. The van der Waals surface area contributed by atoms with Crippen molar-refractivity contribution in [3.63, 3.8) is 0 Å². The number of hydrogen-bond acceptors (Lipinski definition) is 6. The van der Waals surface area contributed by atoms with Crippen molar-refractivity contribution >= 4 is 16.0 Å². The normalized spacial score (nSPS) is 17.1. The highest BCUT2D eigenvalue weighted by molar-refractivity contribution is 7.89. The van der Waals surface area contributed by atoms with Gasteiger partial charge >= 0.3 is 5.97 Å². The maximum atomic E-state index is 12.5. The van der Waals surface area contributed by atoms with Gasteiger partial charge in [0.1, 0.15) is 0 Å². The molecule has 0 saturated carbocycles. The molecular formula is C13H20N2O5S. The van der Waals surface area contributed by atoms with Crippen LogP contribution in [0.15, 0.2) is 21.6 Å². The van der Waals surface area contributed by atoms with Gasteiger partial charge in [0.15, 0.2) is 0 Å². The molecule has 8 heteroatoms. The third kappa shape index (κ3) is 3.45. The first kappa shape index (κ1) is 16.0. The minimum atomic E-state index is -3.74. The predicted octanol–water partition coefficient (Wildman–Crippen LogP) is 0.829. The average Bonchev–Trinajstić information content (AvgIpc) is 2.98. The number of nitrogens with one attached hydrogen (secondary N) is 1. The first-order chi connectivity index (χ1) is 9.96. The number of hydrogen-bond donors (Lipinski definition) is 1. The predicted molar refractivity (Wildman–Crippen MR) is 75.5 cm³/mol. The molecule has 0 radical (unpaired) electrons. The molecule has 1 aromatic rings. The maximum absolute atomic E-state index is 12.5. The van der Waals surface area contributed by atoms with Crippen molar-refractivity contribution in [3.8, 4) is 0 Å². The zero-order valence-electron chi connectivity index (χ0n) is 12.2. The molecule has 1 aliphatic heterocycles. The molecule has 21 heavy (non-hydrogen) atoms. The van der Waals surface area contributed by atoms with Gasteiger partial charge in [0.2, 0.25) is 10.9 Å². The van der Waals surface area contributed by atoms with E-state index in [1.807, 2.05) is 0 Å². The van der Waals surface area contributed by atoms with Crippen molar-refractivity contribution in [2.45, 2.75) is 30.9 Å². The summed E-state index contributed by atoms with van der Waals surface area (Å²) in [5, 5.41) is 2.96. The van der Waals surface area contributed by atoms with Crippen LogP contribution in [0, 0.1) is 0 Å². The van der Waals surface area contributed by atoms with Crippen LogP contribution in [0.1, 0.15) is 30.3 Å². The monoisotopic (exact) mass is 316 g/mol. The third-order valence-corrected chi connectivity index (χ3v) is 5.30. The zero-order valence-corrected chi connectivity index (χ0v) is 13.0. The standard InChI is InChI=1S/C13H20N2O5S/c1-3-19-13(16)11-4-5-12(20-11)21(17,18)15(2)10-6-8-14-9-7-10/h4-5,10,14H,3,6-9H2,1-2H3. The van der Waals surface area contributed by atoms with Crippen LogP contribution in [0.2, 0.25) is 0 Å². The summed E-state index contributed by atoms with van der Waals surface area (Å²) < 4.78 is 36.2. The van der Waals surface area contributed by atoms with E-state index in [2.05, 4.69) is 5.32 Å². The summed E-state index contributed by atoms with van der Waals surface area (Å²) in [6.45, 7) is 3.45. The third-order valence-electron chi connectivity index (χ3n) is 3.51. The van der Waals surface area contributed by atoms with E-state index < -0.39 is 16.0 Å². The highest BCUT2D eigenvalue weighted by atomic mass is 32.2. The number of nitrogens with zero attached hydrogens (tertiary/aromatic N) is 1. The van der Waals surface area contributed by atoms with Crippen molar-refractivity contribution in [2.75, 3.05) is 26.7 Å². The second-order valence-corrected chi connectivity index (χ2v) is 6.77. The molecule has 1 N–H and O–H groups in total. The van der Waals surface area contributed by atoms with E-state index in [1.165, 1.54) is 23.5 Å². The second kappa shape index (κ2) is 6.59. The van der Waals surface area contributed by atoms with Gasteiger partial charge in [0.25, 0.3) is 10.0 Å². The van der Waals surface area contributed by atoms with Crippen molar-refractivity contribution in [3.05, 3.63) is 17.9 Å². The van der Waals surface area contributed by atoms with Crippen molar-refractivity contribution in [2.24, 2.45) is 0 Å². The van der Waals surface area contributed by atoms with Gasteiger partial charge in [-0.1, -0.05) is 0 Å². The van der Waals surface area contributed by atoms with Gasteiger partial charge in [-0.25, -0.2) is 13.2 Å². The zero-order chi connectivity index (χ0) is 15.5. The van der Waals surface area contributed by atoms with Gasteiger partial charge in [-0.05, 0) is 45.0 Å². The molecule has 0 amide bonds. The Bertz CT molecular complexity index is 589. The van der Waals surface area contributed by atoms with Crippen LogP contribution >= 0.6 is 0 Å². The lowest BCUT2D eigenvalue weighted by atomic mass is 10.1. The maximum Gasteiger partial charge on any atom is 0.374 e. The summed E-state index contributed by atoms with van der Waals surface area (Å²) in [5.74, 6) is -0.766. The summed E-state index contributed by atoms with van der Waals surface area (Å²) in [4.78, 5) is 11.5. The van der Waals surface area contributed by atoms with E-state index >= 15 is 0 Å². The van der Waals surface area contributed by atoms with Gasteiger partial charge in [0.05, 0.1) is 6.61 Å². The average molecular weight is 316 g/mol. The van der Waals surface area contributed by atoms with Crippen molar-refractivity contribution in [1.29, 1.82) is 0 Å². The van der Waals surface area contributed by atoms with E-state index in [-0.39, 0.29) is 23.5 Å². The van der Waals surface area contributed by atoms with E-state index in [0.29, 0.717) is 0 Å². The van der Waals surface area contributed by atoms with Crippen molar-refractivity contribution < 1.29 is 22.4 Å². The summed E-state index contributed by atoms with van der Waals surface area (Å²) in [6, 6.07) is 2.55. The molecule has 1 saturated heterocycles. The first-order valence-corrected chi connectivity index (χ1v) is 8.36. The summed E-state index contributed by atoms with van der Waals surface area (Å²) in [7, 11) is -2.20. The molecule has 2 heterocycles. The van der Waals surface area contributed by atoms with Crippen LogP contribution < -0.4 is 5.32 Å². The number of esters is 1. The van der Waals surface area contributed by atoms with Crippen LogP contribution in [-0.2, 0) is 14.8 Å². The van der Waals surface area contributed by atoms with Crippen LogP contribution in [0.5, 0.6) is 0 Å². The SMILES string of the molecule is CCOC(=O)c1ccc(S(=O)(=O)N(C)C2CCNCC2)o1. The van der Waals surface area contributed by atoms with Gasteiger partial charge in [-0.3, -0.25) is 0 Å². The van der Waals surface area contributed by atoms with Crippen LogP contribution in [0.4, 0.5) is 0 Å². The summed E-state index contributed by atoms with van der Waals surface area (Å²) in [5.41, 5.74) is 0. The Morgan fingerprint density at radius 3 is 2.71 bits per heavy atom. The fourth-order valence-corrected chi connectivity index (χ4v) is 3.60. The Kier molecular flexibility index (Phi) is 5.02. The van der Waals surface area contributed by atoms with Crippen LogP contribution in [-0.4, -0.2) is 51.5 Å². The second-order valence-electron chi connectivity index (χ2n) is 4.84. The topological polar surface area (TPSA) is 88.9 Å². The fourth-order valence-electron chi connectivity index (χ4n) is 2.28. The molecule has 0 unspecified atom stereocenters. The Labute approximate surface area is 124 Å². The lowest BCUT2D eigenvalue weighted by Crippen LogP contribution is -2.43. The smallest absolute Gasteiger partial charge is 0.374 e. The molecule has 2 rings (SSSR count). The highest BCUT2D eigenvalue weighted by Gasteiger charge is 2.32. The minimum Gasteiger partial charge on any atom is -0.460 e. The number of sulfonamides is 1. The Morgan fingerprint density at radius 2 is 2.10 bits per heavy atom. The molecular weight excluding hydrogens is 296 g/mol. The van der Waals surface area contributed by atoms with Gasteiger partial charge < -0.3 is 14.5 Å². The molecule has 118 valence electrons. The molecule has 0 spiro atoms. The quantitative estimate of drug-likeness (QED) is 0.809. The summed E-state index contributed by atoms with van der Waals surface area (Å²) >= 11 is 0. The van der Waals surface area contributed by atoms with Gasteiger partial charge in [0, 0.05) is 13.1 Å². The van der Waals surface area contributed by atoms with Crippen molar-refractivity contribution in [1.82, 2.24) is 9.62 Å². The number of furan rings is 1. The Balaban J connectivity index is 2.17. The highest BCUT2D eigenvalue weighted by Crippen LogP contribution is 2.22. The number of carbonyl (C=O) groups excluding carboxylic acids is 1. The summed E-state index contributed by atoms with van der Waals surface area (Å²) in [6.07, 6.45) is 1.50. The van der Waals surface area contributed by atoms with E-state index in [9.17, 15) is 13.2 Å². The molecule has 0 aliphatic carbocycles. The lowest BCUT2D eigenvalue weighted by Gasteiger charge is -2.30. The largest absolute Gasteiger partial charge is 0.460 e. The van der Waals surface area contributed by atoms with Gasteiger partial charge in [-0.15, -0.1) is 0 Å². The Hall–Kier alpha value is -1.38. The Morgan fingerprint density at radius 1 is 1.43 bits per heavy atom. The van der Waals surface area contributed by atoms with E-state index in [4.69, 9.17) is 9.15 Å². The molecule has 1 aliphatic rings. The molecule has 1 aromatic heterocycles. The molecule has 1 fully saturated rings. The van der Waals surface area contributed by atoms with Crippen LogP contribution in [0.25, 0.3) is 0 Å².